The minimum Gasteiger partial charge on any atom is -0.454 e. The number of carbonyl (C=O) groups excluding carboxylic acids is 2. The van der Waals surface area contributed by atoms with E-state index in [1.165, 1.54) is 0 Å². The largest absolute Gasteiger partial charge is 0.454 e. The number of esters is 1. The number of halogens is 1. The molecule has 0 fully saturated rings. The van der Waals surface area contributed by atoms with E-state index in [1.807, 2.05) is 26.0 Å². The van der Waals surface area contributed by atoms with E-state index in [2.05, 4.69) is 15.9 Å². The van der Waals surface area contributed by atoms with E-state index < -0.39 is 5.97 Å². The molecule has 0 spiro atoms. The van der Waals surface area contributed by atoms with Gasteiger partial charge in [0, 0.05) is 10.0 Å². The summed E-state index contributed by atoms with van der Waals surface area (Å²) in [6, 6.07) is 12.4. The molecule has 2 rings (SSSR count). The molecule has 0 bridgehead atoms. The Morgan fingerprint density at radius 2 is 1.71 bits per heavy atom. The van der Waals surface area contributed by atoms with E-state index in [-0.39, 0.29) is 12.4 Å². The normalized spacial score (nSPS) is 10.2. The molecular weight excluding hydrogens is 332 g/mol. The van der Waals surface area contributed by atoms with E-state index in [4.69, 9.17) is 4.74 Å². The van der Waals surface area contributed by atoms with Gasteiger partial charge in [0.05, 0.1) is 5.56 Å². The highest BCUT2D eigenvalue weighted by molar-refractivity contribution is 9.10. The number of hydrogen-bond acceptors (Lipinski definition) is 3. The second-order valence-electron chi connectivity index (χ2n) is 4.82. The summed E-state index contributed by atoms with van der Waals surface area (Å²) >= 11 is 3.29. The first-order valence-corrected chi connectivity index (χ1v) is 7.30. The molecule has 0 heterocycles. The highest BCUT2D eigenvalue weighted by Crippen LogP contribution is 2.13. The topological polar surface area (TPSA) is 43.4 Å². The van der Waals surface area contributed by atoms with Crippen molar-refractivity contribution in [3.63, 3.8) is 0 Å². The summed E-state index contributed by atoms with van der Waals surface area (Å²) in [5.74, 6) is -0.696. The van der Waals surface area contributed by atoms with E-state index in [0.29, 0.717) is 11.1 Å². The summed E-state index contributed by atoms with van der Waals surface area (Å²) in [5, 5.41) is 0. The van der Waals surface area contributed by atoms with Gasteiger partial charge in [0.1, 0.15) is 0 Å². The third-order valence-corrected chi connectivity index (χ3v) is 3.63. The van der Waals surface area contributed by atoms with Crippen molar-refractivity contribution in [1.82, 2.24) is 0 Å². The van der Waals surface area contributed by atoms with Crippen LogP contribution in [-0.2, 0) is 4.74 Å². The van der Waals surface area contributed by atoms with Crippen molar-refractivity contribution in [1.29, 1.82) is 0 Å². The van der Waals surface area contributed by atoms with Gasteiger partial charge in [-0.1, -0.05) is 39.7 Å². The number of carbonyl (C=O) groups is 2. The molecule has 21 heavy (non-hydrogen) atoms. The highest BCUT2D eigenvalue weighted by atomic mass is 79.9. The molecule has 2 aromatic carbocycles. The molecule has 0 saturated carbocycles. The van der Waals surface area contributed by atoms with Crippen molar-refractivity contribution in [2.75, 3.05) is 6.61 Å². The molecule has 0 atom stereocenters. The summed E-state index contributed by atoms with van der Waals surface area (Å²) in [7, 11) is 0. The van der Waals surface area contributed by atoms with E-state index in [1.54, 1.807) is 30.3 Å². The minimum atomic E-state index is -0.499. The van der Waals surface area contributed by atoms with Crippen LogP contribution in [0.3, 0.4) is 0 Å². The lowest BCUT2D eigenvalue weighted by Crippen LogP contribution is -2.15. The first-order valence-electron chi connectivity index (χ1n) is 6.50. The average Bonchev–Trinajstić information content (AvgIpc) is 2.45. The zero-order valence-corrected chi connectivity index (χ0v) is 13.4. The van der Waals surface area contributed by atoms with Crippen molar-refractivity contribution in [2.24, 2.45) is 0 Å². The summed E-state index contributed by atoms with van der Waals surface area (Å²) in [5.41, 5.74) is 2.99. The second-order valence-corrected chi connectivity index (χ2v) is 5.74. The summed E-state index contributed by atoms with van der Waals surface area (Å²) in [6.45, 7) is 3.59. The number of benzene rings is 2. The molecule has 0 aliphatic carbocycles. The molecule has 4 heteroatoms. The Balaban J connectivity index is 2.00. The zero-order valence-electron chi connectivity index (χ0n) is 11.9. The lowest BCUT2D eigenvalue weighted by atomic mass is 10.0. The smallest absolute Gasteiger partial charge is 0.338 e. The van der Waals surface area contributed by atoms with E-state index in [0.717, 1.165) is 15.6 Å². The van der Waals surface area contributed by atoms with Crippen LogP contribution in [0, 0.1) is 13.8 Å². The van der Waals surface area contributed by atoms with Crippen LogP contribution >= 0.6 is 15.9 Å². The van der Waals surface area contributed by atoms with Gasteiger partial charge in [-0.3, -0.25) is 4.79 Å². The quantitative estimate of drug-likeness (QED) is 0.618. The van der Waals surface area contributed by atoms with Crippen molar-refractivity contribution < 1.29 is 14.3 Å². The van der Waals surface area contributed by atoms with E-state index >= 15 is 0 Å². The highest BCUT2D eigenvalue weighted by Gasteiger charge is 2.13. The molecule has 0 radical (unpaired) electrons. The van der Waals surface area contributed by atoms with Crippen molar-refractivity contribution in [2.45, 2.75) is 13.8 Å². The average molecular weight is 347 g/mol. The maximum absolute atomic E-state index is 12.1. The van der Waals surface area contributed by atoms with E-state index in [9.17, 15) is 9.59 Å². The molecule has 108 valence electrons. The first kappa shape index (κ1) is 15.4. The van der Waals surface area contributed by atoms with Crippen LogP contribution in [0.4, 0.5) is 0 Å². The van der Waals surface area contributed by atoms with Gasteiger partial charge in [-0.15, -0.1) is 0 Å². The molecule has 0 amide bonds. The zero-order chi connectivity index (χ0) is 15.4. The molecule has 3 nitrogen and oxygen atoms in total. The van der Waals surface area contributed by atoms with Crippen molar-refractivity contribution >= 4 is 27.7 Å². The Kier molecular flexibility index (Phi) is 4.91. The summed E-state index contributed by atoms with van der Waals surface area (Å²) in [6.07, 6.45) is 0. The fourth-order valence-electron chi connectivity index (χ4n) is 2.00. The predicted octanol–water partition coefficient (Wildman–Crippen LogP) is 4.11. The van der Waals surface area contributed by atoms with Gasteiger partial charge in [0.25, 0.3) is 0 Å². The molecule has 0 aromatic heterocycles. The van der Waals surface area contributed by atoms with Crippen LogP contribution in [0.1, 0.15) is 31.8 Å². The van der Waals surface area contributed by atoms with Gasteiger partial charge >= 0.3 is 5.97 Å². The Morgan fingerprint density at radius 1 is 1.05 bits per heavy atom. The Bertz CT molecular complexity index is 675. The maximum atomic E-state index is 12.1. The van der Waals surface area contributed by atoms with Gasteiger partial charge in [0.15, 0.2) is 6.61 Å². The lowest BCUT2D eigenvalue weighted by Gasteiger charge is -2.07. The number of Topliss-reactive ketones (excluding diaryl/α,β-unsaturated/α-hetero) is 1. The predicted molar refractivity (Wildman–Crippen MR) is 84.7 cm³/mol. The number of rotatable bonds is 4. The molecule has 0 aliphatic heterocycles. The van der Waals surface area contributed by atoms with Crippen LogP contribution in [-0.4, -0.2) is 18.4 Å². The van der Waals surface area contributed by atoms with Crippen LogP contribution in [0.25, 0.3) is 0 Å². The molecular formula is C17H15BrO3. The van der Waals surface area contributed by atoms with Crippen molar-refractivity contribution in [3.8, 4) is 0 Å². The number of aryl methyl sites for hydroxylation is 2. The van der Waals surface area contributed by atoms with Gasteiger partial charge < -0.3 is 4.74 Å². The van der Waals surface area contributed by atoms with Crippen LogP contribution < -0.4 is 0 Å². The maximum Gasteiger partial charge on any atom is 0.338 e. The minimum absolute atomic E-state index is 0.196. The Labute approximate surface area is 132 Å². The molecule has 0 N–H and O–H groups in total. The molecule has 2 aromatic rings. The second kappa shape index (κ2) is 6.68. The SMILES string of the molecule is Cc1ccc(C(=O)COC(=O)c2ccc(Br)cc2)c(C)c1. The first-order chi connectivity index (χ1) is 9.97. The Morgan fingerprint density at radius 3 is 2.33 bits per heavy atom. The standard InChI is InChI=1S/C17H15BrO3/c1-11-3-8-15(12(2)9-11)16(19)10-21-17(20)13-4-6-14(18)7-5-13/h3-9H,10H2,1-2H3. The summed E-state index contributed by atoms with van der Waals surface area (Å²) in [4.78, 5) is 23.9. The number of hydrogen-bond donors (Lipinski definition) is 0. The lowest BCUT2D eigenvalue weighted by molar-refractivity contribution is 0.0474. The molecule has 0 aliphatic rings. The third kappa shape index (κ3) is 4.02. The van der Waals surface area contributed by atoms with Gasteiger partial charge in [-0.2, -0.15) is 0 Å². The fraction of sp³-hybridized carbons (Fsp3) is 0.176. The molecule has 0 unspecified atom stereocenters. The van der Waals surface area contributed by atoms with Gasteiger partial charge in [-0.25, -0.2) is 4.79 Å². The third-order valence-electron chi connectivity index (χ3n) is 3.10. The van der Waals surface area contributed by atoms with Crippen LogP contribution in [0.15, 0.2) is 46.9 Å². The number of ether oxygens (including phenoxy) is 1. The summed E-state index contributed by atoms with van der Waals surface area (Å²) < 4.78 is 5.95. The van der Waals surface area contributed by atoms with Crippen LogP contribution in [0.2, 0.25) is 0 Å². The van der Waals surface area contributed by atoms with Gasteiger partial charge in [-0.05, 0) is 43.7 Å². The molecule has 0 saturated heterocycles. The number of ketones is 1. The van der Waals surface area contributed by atoms with Gasteiger partial charge in [0.2, 0.25) is 5.78 Å². The van der Waals surface area contributed by atoms with Crippen LogP contribution in [0.5, 0.6) is 0 Å². The van der Waals surface area contributed by atoms with Crippen molar-refractivity contribution in [3.05, 3.63) is 69.2 Å². The fourth-order valence-corrected chi connectivity index (χ4v) is 2.27. The Hall–Kier alpha value is -1.94. The monoisotopic (exact) mass is 346 g/mol.